The average Bonchev–Trinajstić information content (AvgIpc) is 3.23. The van der Waals surface area contributed by atoms with Crippen LogP contribution in [0, 0.1) is 11.3 Å². The number of para-hydroxylation sites is 2. The van der Waals surface area contributed by atoms with Crippen molar-refractivity contribution in [1.29, 1.82) is 5.26 Å². The third-order valence-electron chi connectivity index (χ3n) is 5.76. The van der Waals surface area contributed by atoms with E-state index in [9.17, 15) is 5.26 Å². The van der Waals surface area contributed by atoms with E-state index in [1.165, 1.54) is 0 Å². The van der Waals surface area contributed by atoms with Crippen LogP contribution in [0.1, 0.15) is 5.56 Å². The van der Waals surface area contributed by atoms with E-state index in [0.29, 0.717) is 5.56 Å². The van der Waals surface area contributed by atoms with Gasteiger partial charge in [0.1, 0.15) is 11.2 Å². The van der Waals surface area contributed by atoms with Crippen LogP contribution < -0.4 is 0 Å². The number of aromatic nitrogens is 1. The van der Waals surface area contributed by atoms with Crippen LogP contribution in [0.5, 0.6) is 0 Å². The highest BCUT2D eigenvalue weighted by atomic mass is 16.3. The van der Waals surface area contributed by atoms with Gasteiger partial charge >= 0.3 is 0 Å². The van der Waals surface area contributed by atoms with Crippen LogP contribution in [0.2, 0.25) is 0 Å². The first kappa shape index (κ1) is 17.4. The highest BCUT2D eigenvalue weighted by molar-refractivity contribution is 6.14. The van der Waals surface area contributed by atoms with Gasteiger partial charge in [-0.25, -0.2) is 0 Å². The zero-order chi connectivity index (χ0) is 20.8. The van der Waals surface area contributed by atoms with E-state index < -0.39 is 0 Å². The Balaban J connectivity index is 1.66. The van der Waals surface area contributed by atoms with Crippen molar-refractivity contribution in [2.75, 3.05) is 0 Å². The van der Waals surface area contributed by atoms with E-state index in [4.69, 9.17) is 9.40 Å². The van der Waals surface area contributed by atoms with Crippen LogP contribution >= 0.6 is 0 Å². The van der Waals surface area contributed by atoms with Gasteiger partial charge in [-0.3, -0.25) is 4.98 Å². The summed E-state index contributed by atoms with van der Waals surface area (Å²) < 4.78 is 6.53. The summed E-state index contributed by atoms with van der Waals surface area (Å²) in [5, 5.41) is 13.4. The van der Waals surface area contributed by atoms with Gasteiger partial charge in [-0.2, -0.15) is 5.26 Å². The van der Waals surface area contributed by atoms with Crippen molar-refractivity contribution in [3.63, 3.8) is 0 Å². The number of hydrogen-bond acceptors (Lipinski definition) is 3. The van der Waals surface area contributed by atoms with Crippen LogP contribution in [0.4, 0.5) is 0 Å². The molecule has 0 N–H and O–H groups in total. The minimum Gasteiger partial charge on any atom is -0.455 e. The van der Waals surface area contributed by atoms with Crippen LogP contribution in [0.3, 0.4) is 0 Å². The number of fused-ring (bicyclic) bond motifs is 4. The van der Waals surface area contributed by atoms with Crippen molar-refractivity contribution in [2.45, 2.75) is 0 Å². The molecule has 144 valence electrons. The number of rotatable bonds is 2. The van der Waals surface area contributed by atoms with Gasteiger partial charge < -0.3 is 4.42 Å². The molecule has 2 aromatic heterocycles. The van der Waals surface area contributed by atoms with E-state index in [-0.39, 0.29) is 0 Å². The summed E-state index contributed by atoms with van der Waals surface area (Å²) in [6.45, 7) is 0. The normalized spacial score (nSPS) is 11.2. The Morgan fingerprint density at radius 3 is 2.19 bits per heavy atom. The number of benzene rings is 4. The number of nitriles is 1. The lowest BCUT2D eigenvalue weighted by atomic mass is 9.99. The molecule has 6 aromatic rings. The molecule has 0 aliphatic heterocycles. The maximum Gasteiger partial charge on any atom is 0.144 e. The Kier molecular flexibility index (Phi) is 3.84. The molecule has 31 heavy (non-hydrogen) atoms. The van der Waals surface area contributed by atoms with Crippen molar-refractivity contribution in [3.8, 4) is 28.5 Å². The van der Waals surface area contributed by atoms with Gasteiger partial charge in [0.2, 0.25) is 0 Å². The Hall–Kier alpha value is -4.42. The van der Waals surface area contributed by atoms with Gasteiger partial charge in [0.15, 0.2) is 0 Å². The van der Waals surface area contributed by atoms with Gasteiger partial charge in [0.25, 0.3) is 0 Å². The monoisotopic (exact) mass is 396 g/mol. The Morgan fingerprint density at radius 1 is 0.677 bits per heavy atom. The highest BCUT2D eigenvalue weighted by Crippen LogP contribution is 2.40. The second-order valence-corrected chi connectivity index (χ2v) is 7.54. The third kappa shape index (κ3) is 2.70. The molecule has 0 fully saturated rings. The van der Waals surface area contributed by atoms with E-state index in [0.717, 1.165) is 55.1 Å². The first-order chi connectivity index (χ1) is 15.3. The molecule has 0 amide bonds. The van der Waals surface area contributed by atoms with Crippen molar-refractivity contribution in [3.05, 3.63) is 103 Å². The molecule has 6 rings (SSSR count). The smallest absolute Gasteiger partial charge is 0.144 e. The number of hydrogen-bond donors (Lipinski definition) is 0. The molecule has 0 radical (unpaired) electrons. The fourth-order valence-electron chi connectivity index (χ4n) is 4.31. The summed E-state index contributed by atoms with van der Waals surface area (Å²) in [5.41, 5.74) is 6.34. The summed E-state index contributed by atoms with van der Waals surface area (Å²) in [6, 6.07) is 32.6. The van der Waals surface area contributed by atoms with Crippen LogP contribution in [0.15, 0.2) is 102 Å². The minimum absolute atomic E-state index is 0.638. The lowest BCUT2D eigenvalue weighted by Gasteiger charge is -2.07. The zero-order valence-electron chi connectivity index (χ0n) is 16.5. The second kappa shape index (κ2) is 6.83. The molecule has 2 heterocycles. The van der Waals surface area contributed by atoms with Crippen LogP contribution in [-0.2, 0) is 0 Å². The molecule has 0 unspecified atom stereocenters. The maximum atomic E-state index is 9.24. The first-order valence-corrected chi connectivity index (χ1v) is 10.1. The summed E-state index contributed by atoms with van der Waals surface area (Å²) in [7, 11) is 0. The molecule has 0 atom stereocenters. The zero-order valence-corrected chi connectivity index (χ0v) is 16.5. The van der Waals surface area contributed by atoms with Crippen LogP contribution in [0.25, 0.3) is 55.1 Å². The van der Waals surface area contributed by atoms with Crippen molar-refractivity contribution >= 4 is 32.7 Å². The molecule has 0 aliphatic rings. The molecule has 0 saturated carbocycles. The SMILES string of the molecule is N#Cc1ccc2c(-c3cccc4c3oc3c(-c5ccccc5)cccc34)nccc2c1. The van der Waals surface area contributed by atoms with E-state index in [2.05, 4.69) is 42.5 Å². The molecular formula is C28H16N2O. The molecule has 0 aliphatic carbocycles. The number of furan rings is 1. The molecule has 3 nitrogen and oxygen atoms in total. The van der Waals surface area contributed by atoms with E-state index in [1.807, 2.05) is 54.6 Å². The van der Waals surface area contributed by atoms with E-state index in [1.54, 1.807) is 6.20 Å². The summed E-state index contributed by atoms with van der Waals surface area (Å²) in [4.78, 5) is 4.69. The molecule has 3 heteroatoms. The van der Waals surface area contributed by atoms with Crippen molar-refractivity contribution in [2.24, 2.45) is 0 Å². The average molecular weight is 396 g/mol. The lowest BCUT2D eigenvalue weighted by molar-refractivity contribution is 0.671. The van der Waals surface area contributed by atoms with E-state index >= 15 is 0 Å². The van der Waals surface area contributed by atoms with Crippen molar-refractivity contribution < 1.29 is 4.42 Å². The van der Waals surface area contributed by atoms with Gasteiger partial charge in [-0.05, 0) is 35.2 Å². The van der Waals surface area contributed by atoms with Gasteiger partial charge in [-0.15, -0.1) is 0 Å². The third-order valence-corrected chi connectivity index (χ3v) is 5.76. The van der Waals surface area contributed by atoms with Gasteiger partial charge in [-0.1, -0.05) is 66.7 Å². The van der Waals surface area contributed by atoms with Gasteiger partial charge in [0, 0.05) is 33.5 Å². The molecule has 0 saturated heterocycles. The molecular weight excluding hydrogens is 380 g/mol. The molecule has 0 spiro atoms. The fourth-order valence-corrected chi connectivity index (χ4v) is 4.31. The van der Waals surface area contributed by atoms with Crippen LogP contribution in [-0.4, -0.2) is 4.98 Å². The maximum absolute atomic E-state index is 9.24. The van der Waals surface area contributed by atoms with Crippen molar-refractivity contribution in [1.82, 2.24) is 4.98 Å². The number of pyridine rings is 1. The molecule has 0 bridgehead atoms. The topological polar surface area (TPSA) is 49.8 Å². The Bertz CT molecular complexity index is 1640. The Morgan fingerprint density at radius 2 is 1.42 bits per heavy atom. The largest absolute Gasteiger partial charge is 0.455 e. The predicted molar refractivity (Wildman–Crippen MR) is 125 cm³/mol. The molecule has 4 aromatic carbocycles. The first-order valence-electron chi connectivity index (χ1n) is 10.1. The number of nitrogens with zero attached hydrogens (tertiary/aromatic N) is 2. The second-order valence-electron chi connectivity index (χ2n) is 7.54. The van der Waals surface area contributed by atoms with Gasteiger partial charge in [0.05, 0.1) is 17.3 Å². The lowest BCUT2D eigenvalue weighted by Crippen LogP contribution is -1.87. The highest BCUT2D eigenvalue weighted by Gasteiger charge is 2.17. The standard InChI is InChI=1S/C28H16N2O/c29-17-18-12-13-21-20(16-18)14-15-30-26(21)25-11-5-10-24-23-9-4-8-22(27(23)31-28(24)25)19-6-2-1-3-7-19/h1-16H. The summed E-state index contributed by atoms with van der Waals surface area (Å²) in [6.07, 6.45) is 1.79. The Labute approximate surface area is 178 Å². The predicted octanol–water partition coefficient (Wildman–Crippen LogP) is 7.34. The minimum atomic E-state index is 0.638. The fraction of sp³-hybridized carbons (Fsp3) is 0. The quantitative estimate of drug-likeness (QED) is 0.308. The summed E-state index contributed by atoms with van der Waals surface area (Å²) >= 11 is 0. The summed E-state index contributed by atoms with van der Waals surface area (Å²) in [5.74, 6) is 0.